The number of alkyl halides is 3. The predicted octanol–water partition coefficient (Wildman–Crippen LogP) is 6.12. The molecular formula is C29H28ClF3N4O4S. The number of carbonyl (C=O) groups excluding carboxylic acids is 1. The topological polar surface area (TPSA) is 86.0 Å². The number of benzene rings is 1. The van der Waals surface area contributed by atoms with Gasteiger partial charge in [0, 0.05) is 36.5 Å². The van der Waals surface area contributed by atoms with Crippen molar-refractivity contribution in [1.82, 2.24) is 14.5 Å². The summed E-state index contributed by atoms with van der Waals surface area (Å²) in [6, 6.07) is 7.36. The van der Waals surface area contributed by atoms with Crippen molar-refractivity contribution < 1.29 is 27.5 Å². The summed E-state index contributed by atoms with van der Waals surface area (Å²) < 4.78 is 46.2. The number of thiazole rings is 1. The van der Waals surface area contributed by atoms with Gasteiger partial charge in [0.1, 0.15) is 30.2 Å². The number of pyridine rings is 1. The lowest BCUT2D eigenvalue weighted by Crippen LogP contribution is -2.42. The molecule has 2 aromatic heterocycles. The summed E-state index contributed by atoms with van der Waals surface area (Å²) in [6.45, 7) is 5.91. The van der Waals surface area contributed by atoms with Gasteiger partial charge in [-0.15, -0.1) is 11.3 Å². The second-order valence-corrected chi connectivity index (χ2v) is 11.4. The summed E-state index contributed by atoms with van der Waals surface area (Å²) in [5, 5.41) is 7.64. The minimum absolute atomic E-state index is 0.118. The number of aromatic nitrogens is 2. The van der Waals surface area contributed by atoms with E-state index in [1.54, 1.807) is 23.1 Å². The van der Waals surface area contributed by atoms with Crippen molar-refractivity contribution in [1.29, 1.82) is 0 Å². The second-order valence-electron chi connectivity index (χ2n) is 10.1. The monoisotopic (exact) mass is 620 g/mol. The molecular weight excluding hydrogens is 593 g/mol. The number of rotatable bonds is 8. The highest BCUT2D eigenvalue weighted by molar-refractivity contribution is 7.10. The number of carbonyl (C=O) groups is 1. The van der Waals surface area contributed by atoms with E-state index in [1.807, 2.05) is 11.4 Å². The Labute approximate surface area is 249 Å². The Balaban J connectivity index is 1.19. The molecule has 5 rings (SSSR count). The number of halogens is 4. The van der Waals surface area contributed by atoms with Gasteiger partial charge in [0.05, 0.1) is 21.3 Å². The second kappa shape index (κ2) is 12.3. The van der Waals surface area contributed by atoms with Crippen LogP contribution in [0.1, 0.15) is 58.8 Å². The highest BCUT2D eigenvalue weighted by Crippen LogP contribution is 2.40. The number of hydrogen-bond donors (Lipinski definition) is 0. The quantitative estimate of drug-likeness (QED) is 0.283. The number of ether oxygens (including phenoxy) is 1. The van der Waals surface area contributed by atoms with Crippen molar-refractivity contribution in [3.63, 3.8) is 0 Å². The van der Waals surface area contributed by atoms with Crippen molar-refractivity contribution >= 4 is 34.6 Å². The largest absolute Gasteiger partial charge is 0.489 e. The molecule has 42 heavy (non-hydrogen) atoms. The maximum Gasteiger partial charge on any atom is 0.421 e. The first-order chi connectivity index (χ1) is 20.1. The maximum atomic E-state index is 13.2. The molecule has 2 aliphatic heterocycles. The molecule has 1 amide bonds. The Bertz CT molecular complexity index is 1580. The summed E-state index contributed by atoms with van der Waals surface area (Å²) in [7, 11) is 0. The minimum atomic E-state index is -4.78. The Morgan fingerprint density at radius 3 is 2.74 bits per heavy atom. The van der Waals surface area contributed by atoms with E-state index in [2.05, 4.69) is 11.7 Å². The van der Waals surface area contributed by atoms with E-state index < -0.39 is 35.9 Å². The lowest BCUT2D eigenvalue weighted by atomic mass is 9.97. The third-order valence-electron chi connectivity index (χ3n) is 7.37. The molecule has 0 radical (unpaired) electrons. The van der Waals surface area contributed by atoms with Gasteiger partial charge in [-0.1, -0.05) is 35.5 Å². The first kappa shape index (κ1) is 29.8. The summed E-state index contributed by atoms with van der Waals surface area (Å²) in [6.07, 6.45) is -1.79. The van der Waals surface area contributed by atoms with Crippen molar-refractivity contribution in [3.05, 3.63) is 91.3 Å². The third-order valence-corrected chi connectivity index (χ3v) is 8.70. The van der Waals surface area contributed by atoms with Gasteiger partial charge in [-0.05, 0) is 44.0 Å². The predicted molar refractivity (Wildman–Crippen MR) is 153 cm³/mol. The van der Waals surface area contributed by atoms with Crippen LogP contribution in [0.5, 0.6) is 5.75 Å². The molecule has 1 aromatic carbocycles. The van der Waals surface area contributed by atoms with Crippen LogP contribution in [0.2, 0.25) is 5.02 Å². The average molecular weight is 621 g/mol. The van der Waals surface area contributed by atoms with Gasteiger partial charge in [0.2, 0.25) is 5.91 Å². The van der Waals surface area contributed by atoms with E-state index in [0.29, 0.717) is 61.1 Å². The Morgan fingerprint density at radius 2 is 2.02 bits per heavy atom. The zero-order valence-corrected chi connectivity index (χ0v) is 24.3. The number of aryl methyl sites for hydroxylation is 1. The number of likely N-dealkylation sites (tertiary alicyclic amines) is 1. The van der Waals surface area contributed by atoms with Crippen LogP contribution in [-0.2, 0) is 22.4 Å². The van der Waals surface area contributed by atoms with Crippen LogP contribution in [-0.4, -0.2) is 45.8 Å². The molecule has 1 fully saturated rings. The maximum absolute atomic E-state index is 13.2. The number of oxime groups is 1. The normalized spacial score (nSPS) is 17.6. The van der Waals surface area contributed by atoms with Gasteiger partial charge in [-0.2, -0.15) is 13.2 Å². The van der Waals surface area contributed by atoms with Crippen LogP contribution in [0.3, 0.4) is 0 Å². The van der Waals surface area contributed by atoms with Gasteiger partial charge in [-0.3, -0.25) is 9.59 Å². The Hall–Kier alpha value is -3.64. The van der Waals surface area contributed by atoms with E-state index in [0.717, 1.165) is 26.9 Å². The smallest absolute Gasteiger partial charge is 0.421 e. The van der Waals surface area contributed by atoms with E-state index in [4.69, 9.17) is 26.2 Å². The molecule has 2 aliphatic rings. The van der Waals surface area contributed by atoms with Crippen molar-refractivity contribution in [2.75, 3.05) is 19.7 Å². The molecule has 0 aliphatic carbocycles. The molecule has 13 heteroatoms. The van der Waals surface area contributed by atoms with Crippen LogP contribution in [0.25, 0.3) is 0 Å². The van der Waals surface area contributed by atoms with E-state index in [9.17, 15) is 22.8 Å². The van der Waals surface area contributed by atoms with Gasteiger partial charge >= 0.3 is 6.18 Å². The van der Waals surface area contributed by atoms with Crippen molar-refractivity contribution in [3.8, 4) is 5.75 Å². The highest BCUT2D eigenvalue weighted by Gasteiger charge is 2.35. The molecule has 222 valence electrons. The van der Waals surface area contributed by atoms with Crippen molar-refractivity contribution in [2.24, 2.45) is 5.16 Å². The fraction of sp³-hybridized carbons (Fsp3) is 0.379. The van der Waals surface area contributed by atoms with Gasteiger partial charge in [0.25, 0.3) is 5.56 Å². The van der Waals surface area contributed by atoms with E-state index in [1.165, 1.54) is 24.3 Å². The highest BCUT2D eigenvalue weighted by atomic mass is 35.5. The molecule has 1 unspecified atom stereocenters. The van der Waals surface area contributed by atoms with Crippen LogP contribution in [0.15, 0.2) is 58.3 Å². The summed E-state index contributed by atoms with van der Waals surface area (Å²) in [5.74, 6) is 0.335. The summed E-state index contributed by atoms with van der Waals surface area (Å²) in [4.78, 5) is 37.5. The molecule has 1 saturated heterocycles. The molecule has 8 nitrogen and oxygen atoms in total. The molecule has 4 heterocycles. The minimum Gasteiger partial charge on any atom is -0.489 e. The number of hydrogen-bond acceptors (Lipinski definition) is 7. The number of amides is 1. The SMILES string of the molecule is C=CCOc1cccc(Cl)c1C1CC(c2csc(C3CCN(C(=O)Cn4c(C)ccc(C(F)(F)F)c4=O)CC3)n2)=NO1. The van der Waals surface area contributed by atoms with E-state index >= 15 is 0 Å². The van der Waals surface area contributed by atoms with Crippen molar-refractivity contribution in [2.45, 2.75) is 50.9 Å². The number of piperidine rings is 1. The summed E-state index contributed by atoms with van der Waals surface area (Å²) >= 11 is 7.98. The molecule has 0 spiro atoms. The van der Waals surface area contributed by atoms with Crippen LogP contribution >= 0.6 is 22.9 Å². The van der Waals surface area contributed by atoms with Crippen LogP contribution in [0.4, 0.5) is 13.2 Å². The zero-order valence-electron chi connectivity index (χ0n) is 22.7. The van der Waals surface area contributed by atoms with Gasteiger partial charge in [-0.25, -0.2) is 4.98 Å². The van der Waals surface area contributed by atoms with Crippen LogP contribution in [0, 0.1) is 6.92 Å². The standard InChI is InChI=1S/C29H28ClF3N4O4S/c1-3-13-40-23-6-4-5-20(30)26(23)24-14-21(35-41-24)22-16-42-27(34-22)18-9-11-36(12-10-18)25(38)15-37-17(2)7-8-19(28(37)39)29(31,32)33/h3-8,16,18,24H,1,9-15H2,2H3. The number of nitrogens with zero attached hydrogens (tertiary/aromatic N) is 4. The molecule has 3 aromatic rings. The lowest BCUT2D eigenvalue weighted by Gasteiger charge is -2.31. The zero-order chi connectivity index (χ0) is 30.0. The first-order valence-corrected chi connectivity index (χ1v) is 14.6. The summed E-state index contributed by atoms with van der Waals surface area (Å²) in [5.41, 5.74) is -0.0617. The van der Waals surface area contributed by atoms with E-state index in [-0.39, 0.29) is 5.92 Å². The Morgan fingerprint density at radius 1 is 1.26 bits per heavy atom. The fourth-order valence-corrected chi connectivity index (χ4v) is 6.38. The van der Waals surface area contributed by atoms with Crippen LogP contribution < -0.4 is 10.3 Å². The molecule has 0 saturated carbocycles. The molecule has 0 N–H and O–H groups in total. The average Bonchev–Trinajstić information content (AvgIpc) is 3.64. The Kier molecular flexibility index (Phi) is 8.74. The lowest BCUT2D eigenvalue weighted by molar-refractivity contribution is -0.139. The third kappa shape index (κ3) is 6.24. The first-order valence-electron chi connectivity index (χ1n) is 13.3. The van der Waals surface area contributed by atoms with Gasteiger partial charge < -0.3 is 19.0 Å². The molecule has 1 atom stereocenters. The van der Waals surface area contributed by atoms with Gasteiger partial charge in [0.15, 0.2) is 6.10 Å². The molecule has 0 bridgehead atoms. The fourth-order valence-electron chi connectivity index (χ4n) is 5.09.